The van der Waals surface area contributed by atoms with Crippen LogP contribution in [-0.4, -0.2) is 32.7 Å². The molecule has 8 aromatic rings. The largest absolute Gasteiger partial charge is 0.507 e. The van der Waals surface area contributed by atoms with Crippen LogP contribution in [0.25, 0.3) is 73.0 Å². The minimum atomic E-state index is -1.50. The number of nitrogens with zero attached hydrogens (tertiary/aromatic N) is 4. The van der Waals surface area contributed by atoms with Gasteiger partial charge in [0.1, 0.15) is 11.6 Å². The number of aromatic nitrogens is 4. The van der Waals surface area contributed by atoms with Gasteiger partial charge in [-0.15, -0.1) is 0 Å². The highest BCUT2D eigenvalue weighted by atomic mass is 28.3. The van der Waals surface area contributed by atoms with E-state index in [0.29, 0.717) is 17.2 Å². The summed E-state index contributed by atoms with van der Waals surface area (Å²) >= 11 is 0. The van der Waals surface area contributed by atoms with Gasteiger partial charge in [-0.3, -0.25) is 9.55 Å². The van der Waals surface area contributed by atoms with E-state index in [4.69, 9.17) is 15.0 Å². The Bertz CT molecular complexity index is 2560. The van der Waals surface area contributed by atoms with Crippen LogP contribution < -0.4 is 5.19 Å². The van der Waals surface area contributed by atoms with Crippen LogP contribution in [-0.2, 0) is 5.41 Å². The summed E-state index contributed by atoms with van der Waals surface area (Å²) in [7, 11) is -1.50. The Morgan fingerprint density at radius 3 is 1.89 bits per heavy atom. The fourth-order valence-electron chi connectivity index (χ4n) is 6.96. The number of phenols is 1. The van der Waals surface area contributed by atoms with Gasteiger partial charge in [0, 0.05) is 22.9 Å². The Morgan fingerprint density at radius 1 is 0.556 bits per heavy atom. The molecule has 0 spiro atoms. The van der Waals surface area contributed by atoms with Crippen molar-refractivity contribution in [3.63, 3.8) is 0 Å². The highest BCUT2D eigenvalue weighted by molar-refractivity contribution is 6.88. The normalized spacial score (nSPS) is 12.0. The van der Waals surface area contributed by atoms with E-state index < -0.39 is 8.07 Å². The van der Waals surface area contributed by atoms with E-state index >= 15 is 0 Å². The number of aromatic hydroxyl groups is 1. The molecule has 3 heterocycles. The maximum Gasteiger partial charge on any atom is 0.150 e. The molecule has 5 aromatic carbocycles. The molecule has 3 aromatic heterocycles. The third-order valence-electron chi connectivity index (χ3n) is 10.1. The van der Waals surface area contributed by atoms with E-state index in [2.05, 4.69) is 148 Å². The number of phenolic OH excluding ortho intramolecular Hbond substituents is 1. The average molecular weight is 721 g/mol. The number of imidazole rings is 1. The van der Waals surface area contributed by atoms with Crippen molar-refractivity contribution in [1.29, 1.82) is 0 Å². The van der Waals surface area contributed by atoms with Gasteiger partial charge in [0.15, 0.2) is 5.82 Å². The van der Waals surface area contributed by atoms with Crippen LogP contribution in [0.2, 0.25) is 19.6 Å². The molecule has 0 aliphatic carbocycles. The van der Waals surface area contributed by atoms with Crippen molar-refractivity contribution < 1.29 is 5.11 Å². The van der Waals surface area contributed by atoms with Crippen LogP contribution in [0.5, 0.6) is 5.75 Å². The summed E-state index contributed by atoms with van der Waals surface area (Å²) in [6.45, 7) is 13.8. The summed E-state index contributed by atoms with van der Waals surface area (Å²) < 4.78 is 2.10. The third-order valence-corrected chi connectivity index (χ3v) is 12.1. The third kappa shape index (κ3) is 6.77. The van der Waals surface area contributed by atoms with Crippen LogP contribution in [0.1, 0.15) is 26.3 Å². The predicted octanol–water partition coefficient (Wildman–Crippen LogP) is 11.7. The van der Waals surface area contributed by atoms with Crippen molar-refractivity contribution in [1.82, 2.24) is 19.5 Å². The fraction of sp³-hybridized carbons (Fsp3) is 0.146. The molecule has 0 saturated heterocycles. The molecule has 1 N–H and O–H groups in total. The summed E-state index contributed by atoms with van der Waals surface area (Å²) in [5.74, 6) is 1.48. The van der Waals surface area contributed by atoms with Crippen molar-refractivity contribution in [3.8, 4) is 67.7 Å². The summed E-state index contributed by atoms with van der Waals surface area (Å²) in [5, 5.41) is 12.6. The lowest BCUT2D eigenvalue weighted by atomic mass is 9.83. The first-order valence-electron chi connectivity index (χ1n) is 18.5. The number of rotatable bonds is 7. The molecule has 5 nitrogen and oxygen atoms in total. The molecule has 54 heavy (non-hydrogen) atoms. The van der Waals surface area contributed by atoms with Crippen LogP contribution in [0.15, 0.2) is 152 Å². The van der Waals surface area contributed by atoms with Crippen LogP contribution in [0.4, 0.5) is 0 Å². The van der Waals surface area contributed by atoms with Gasteiger partial charge in [-0.1, -0.05) is 137 Å². The smallest absolute Gasteiger partial charge is 0.150 e. The van der Waals surface area contributed by atoms with Gasteiger partial charge in [0.2, 0.25) is 0 Å². The molecular formula is C48H44N4OSi. The lowest BCUT2D eigenvalue weighted by molar-refractivity contribution is 0.477. The molecule has 0 aliphatic rings. The molecule has 0 radical (unpaired) electrons. The van der Waals surface area contributed by atoms with Crippen LogP contribution >= 0.6 is 0 Å². The minimum Gasteiger partial charge on any atom is -0.507 e. The van der Waals surface area contributed by atoms with Crippen molar-refractivity contribution in [3.05, 3.63) is 157 Å². The zero-order valence-corrected chi connectivity index (χ0v) is 32.7. The van der Waals surface area contributed by atoms with E-state index in [0.717, 1.165) is 55.8 Å². The summed E-state index contributed by atoms with van der Waals surface area (Å²) in [4.78, 5) is 15.7. The zero-order chi connectivity index (χ0) is 37.6. The first-order valence-corrected chi connectivity index (χ1v) is 22.0. The average Bonchev–Trinajstić information content (AvgIpc) is 3.57. The van der Waals surface area contributed by atoms with E-state index in [-0.39, 0.29) is 11.2 Å². The lowest BCUT2D eigenvalue weighted by Gasteiger charge is -2.22. The van der Waals surface area contributed by atoms with Crippen LogP contribution in [0.3, 0.4) is 0 Å². The Labute approximate surface area is 318 Å². The number of pyridine rings is 2. The topological polar surface area (TPSA) is 63.8 Å². The lowest BCUT2D eigenvalue weighted by Crippen LogP contribution is -2.37. The summed E-state index contributed by atoms with van der Waals surface area (Å²) in [5.41, 5.74) is 11.5. The molecule has 0 aliphatic heterocycles. The van der Waals surface area contributed by atoms with Gasteiger partial charge in [0.25, 0.3) is 0 Å². The van der Waals surface area contributed by atoms with Gasteiger partial charge in [-0.25, -0.2) is 9.97 Å². The first-order chi connectivity index (χ1) is 25.9. The van der Waals surface area contributed by atoms with E-state index in [9.17, 15) is 5.11 Å². The van der Waals surface area contributed by atoms with Crippen LogP contribution in [0, 0.1) is 0 Å². The standard InChI is InChI=1S/C48H44N4OSi/c1-48(2,3)37-27-35(26-36(28-37)41-25-24-38(31-49-41)54(4,5)6)39-21-15-22-43-46(39)51-47(40-20-13-14-23-44(40)53)52(43)45-30-34(32-16-9-7-10-17-32)29-42(50-45)33-18-11-8-12-19-33/h7-31,53H,1-6H3. The highest BCUT2D eigenvalue weighted by Gasteiger charge is 2.24. The number of fused-ring (bicyclic) bond motifs is 1. The van der Waals surface area contributed by atoms with E-state index in [1.54, 1.807) is 6.07 Å². The molecule has 0 saturated carbocycles. The second-order valence-electron chi connectivity index (χ2n) is 16.0. The van der Waals surface area contributed by atoms with Crippen molar-refractivity contribution in [2.75, 3.05) is 0 Å². The second kappa shape index (κ2) is 13.7. The minimum absolute atomic E-state index is 0.104. The Morgan fingerprint density at radius 2 is 1.22 bits per heavy atom. The van der Waals surface area contributed by atoms with Gasteiger partial charge in [-0.2, -0.15) is 0 Å². The van der Waals surface area contributed by atoms with Crippen molar-refractivity contribution in [2.24, 2.45) is 0 Å². The summed E-state index contributed by atoms with van der Waals surface area (Å²) in [6, 6.07) is 49.8. The highest BCUT2D eigenvalue weighted by Crippen LogP contribution is 2.40. The fourth-order valence-corrected chi connectivity index (χ4v) is 8.00. The van der Waals surface area contributed by atoms with Gasteiger partial charge < -0.3 is 5.11 Å². The molecule has 0 fully saturated rings. The maximum absolute atomic E-state index is 11.3. The van der Waals surface area contributed by atoms with E-state index in [1.165, 1.54) is 10.8 Å². The Kier molecular flexibility index (Phi) is 8.87. The Balaban J connectivity index is 1.39. The maximum atomic E-state index is 11.3. The number of benzene rings is 5. The second-order valence-corrected chi connectivity index (χ2v) is 21.1. The number of hydrogen-bond donors (Lipinski definition) is 1. The molecule has 8 rings (SSSR count). The zero-order valence-electron chi connectivity index (χ0n) is 31.7. The Hall–Kier alpha value is -6.11. The molecule has 0 bridgehead atoms. The summed E-state index contributed by atoms with van der Waals surface area (Å²) in [6.07, 6.45) is 2.06. The molecule has 266 valence electrons. The number of hydrogen-bond acceptors (Lipinski definition) is 4. The molecule has 0 unspecified atom stereocenters. The number of para-hydroxylation sites is 2. The molecule has 0 atom stereocenters. The SMILES string of the molecule is CC(C)(C)c1cc(-c2ccc([Si](C)(C)C)cn2)cc(-c2cccc3c2nc(-c2ccccc2O)n3-c2cc(-c3ccccc3)cc(-c3ccccc3)n2)c1. The van der Waals surface area contributed by atoms with Gasteiger partial charge in [0.05, 0.1) is 36.1 Å². The quantitative estimate of drug-likeness (QED) is 0.167. The first kappa shape index (κ1) is 34.9. The molecule has 0 amide bonds. The molecular weight excluding hydrogens is 677 g/mol. The van der Waals surface area contributed by atoms with Gasteiger partial charge in [-0.05, 0) is 81.4 Å². The van der Waals surface area contributed by atoms with Crippen molar-refractivity contribution in [2.45, 2.75) is 45.8 Å². The van der Waals surface area contributed by atoms with E-state index in [1.807, 2.05) is 42.5 Å². The monoisotopic (exact) mass is 720 g/mol. The molecule has 6 heteroatoms. The van der Waals surface area contributed by atoms with Gasteiger partial charge >= 0.3 is 0 Å². The predicted molar refractivity (Wildman–Crippen MR) is 227 cm³/mol. The van der Waals surface area contributed by atoms with Crippen molar-refractivity contribution >= 4 is 24.3 Å².